The summed E-state index contributed by atoms with van der Waals surface area (Å²) in [7, 11) is 0. The van der Waals surface area contributed by atoms with Gasteiger partial charge in [0.2, 0.25) is 0 Å². The van der Waals surface area contributed by atoms with Gasteiger partial charge in [-0.25, -0.2) is 0 Å². The van der Waals surface area contributed by atoms with Crippen molar-refractivity contribution in [3.05, 3.63) is 77.8 Å². The molecule has 0 aromatic heterocycles. The second-order valence-electron chi connectivity index (χ2n) is 5.95. The zero-order valence-electron chi connectivity index (χ0n) is 15.5. The molecule has 0 aromatic carbocycles. The van der Waals surface area contributed by atoms with Crippen LogP contribution in [0, 0.1) is 4.91 Å². The topological polar surface area (TPSA) is 42.0 Å². The summed E-state index contributed by atoms with van der Waals surface area (Å²) in [5, 5.41) is 3.15. The fourth-order valence-electron chi connectivity index (χ4n) is 2.26. The lowest BCUT2D eigenvalue weighted by Gasteiger charge is -2.00. The van der Waals surface area contributed by atoms with Gasteiger partial charge in [0.1, 0.15) is 6.10 Å². The van der Waals surface area contributed by atoms with Crippen molar-refractivity contribution >= 4 is 0 Å². The molecule has 0 spiro atoms. The van der Waals surface area contributed by atoms with E-state index in [-0.39, 0.29) is 12.1 Å². The summed E-state index contributed by atoms with van der Waals surface area (Å²) in [4.78, 5) is 10.7. The van der Waals surface area contributed by atoms with Crippen LogP contribution >= 0.6 is 0 Å². The van der Waals surface area contributed by atoms with E-state index in [2.05, 4.69) is 43.3 Å². The number of nitroso groups, excluding NO2 is 1. The van der Waals surface area contributed by atoms with E-state index in [0.717, 1.165) is 19.3 Å². The molecule has 1 fully saturated rings. The van der Waals surface area contributed by atoms with E-state index in [0.29, 0.717) is 18.9 Å². The van der Waals surface area contributed by atoms with Crippen molar-refractivity contribution in [2.24, 2.45) is 5.18 Å². The van der Waals surface area contributed by atoms with E-state index in [1.54, 1.807) is 0 Å². The Morgan fingerprint density at radius 1 is 0.840 bits per heavy atom. The Kier molecular flexibility index (Phi) is 12.1. The van der Waals surface area contributed by atoms with Gasteiger partial charge in [0.05, 0.1) is 12.1 Å². The Hall–Kier alpha value is -2.00. The monoisotopic (exact) mass is 341 g/mol. The van der Waals surface area contributed by atoms with Crippen molar-refractivity contribution in [1.82, 2.24) is 0 Å². The van der Waals surface area contributed by atoms with E-state index in [1.807, 2.05) is 48.6 Å². The van der Waals surface area contributed by atoms with Gasteiger partial charge in [-0.05, 0) is 32.1 Å². The number of allylic oxidation sites excluding steroid dienone is 8. The summed E-state index contributed by atoms with van der Waals surface area (Å²) in [6, 6.07) is -0.162. The molecule has 3 nitrogen and oxygen atoms in total. The number of rotatable bonds is 13. The van der Waals surface area contributed by atoms with Crippen LogP contribution in [0.3, 0.4) is 0 Å². The lowest BCUT2D eigenvalue weighted by Crippen LogP contribution is -1.99. The molecule has 3 atom stereocenters. The number of nitrogens with zero attached hydrogens (tertiary/aromatic N) is 1. The van der Waals surface area contributed by atoms with Crippen molar-refractivity contribution < 1.29 is 4.74 Å². The van der Waals surface area contributed by atoms with Crippen molar-refractivity contribution in [3.8, 4) is 0 Å². The molecule has 0 aromatic rings. The smallest absolute Gasteiger partial charge is 0.103 e. The molecule has 0 unspecified atom stereocenters. The highest BCUT2D eigenvalue weighted by Crippen LogP contribution is 2.26. The maximum atomic E-state index is 10.7. The minimum Gasteiger partial charge on any atom is -0.365 e. The fourth-order valence-corrected chi connectivity index (χ4v) is 2.26. The third-order valence-electron chi connectivity index (χ3n) is 3.75. The van der Waals surface area contributed by atoms with Gasteiger partial charge in [-0.3, -0.25) is 0 Å². The highest BCUT2D eigenvalue weighted by atomic mass is 16.6. The van der Waals surface area contributed by atoms with Gasteiger partial charge >= 0.3 is 0 Å². The predicted molar refractivity (Wildman–Crippen MR) is 108 cm³/mol. The Morgan fingerprint density at radius 3 is 2.20 bits per heavy atom. The minimum atomic E-state index is -0.162. The highest BCUT2D eigenvalue weighted by molar-refractivity contribution is 5.18. The lowest BCUT2D eigenvalue weighted by atomic mass is 10.1. The average Bonchev–Trinajstić information content (AvgIpc) is 3.37. The molecule has 1 aliphatic rings. The molecule has 0 amide bonds. The molecular formula is C22H31NO2. The van der Waals surface area contributed by atoms with Gasteiger partial charge in [0, 0.05) is 0 Å². The summed E-state index contributed by atoms with van der Waals surface area (Å²) in [5.41, 5.74) is 0. The first kappa shape index (κ1) is 21.0. The van der Waals surface area contributed by atoms with E-state index < -0.39 is 0 Å². The van der Waals surface area contributed by atoms with Gasteiger partial charge in [0.25, 0.3) is 0 Å². The van der Waals surface area contributed by atoms with Crippen LogP contribution in [0.4, 0.5) is 0 Å². The molecule has 0 radical (unpaired) electrons. The average molecular weight is 341 g/mol. The minimum absolute atomic E-state index is 0.162. The molecule has 136 valence electrons. The van der Waals surface area contributed by atoms with Gasteiger partial charge in [-0.1, -0.05) is 91.9 Å². The van der Waals surface area contributed by atoms with Crippen molar-refractivity contribution in [2.75, 3.05) is 0 Å². The zero-order valence-corrected chi connectivity index (χ0v) is 15.5. The summed E-state index contributed by atoms with van der Waals surface area (Å²) >= 11 is 0. The van der Waals surface area contributed by atoms with Crippen LogP contribution in [0.15, 0.2) is 78.1 Å². The van der Waals surface area contributed by atoms with Gasteiger partial charge in [-0.15, -0.1) is 0 Å². The van der Waals surface area contributed by atoms with Crippen molar-refractivity contribution in [1.29, 1.82) is 0 Å². The van der Waals surface area contributed by atoms with Crippen LogP contribution in [0.25, 0.3) is 0 Å². The molecule has 1 heterocycles. The number of ether oxygens (including phenoxy) is 1. The van der Waals surface area contributed by atoms with Crippen LogP contribution in [0.2, 0.25) is 0 Å². The van der Waals surface area contributed by atoms with Gasteiger partial charge in [-0.2, -0.15) is 4.91 Å². The third-order valence-corrected chi connectivity index (χ3v) is 3.75. The van der Waals surface area contributed by atoms with Crippen LogP contribution in [-0.4, -0.2) is 18.2 Å². The first-order valence-electron chi connectivity index (χ1n) is 9.26. The summed E-state index contributed by atoms with van der Waals surface area (Å²) < 4.78 is 5.55. The zero-order chi connectivity index (χ0) is 18.2. The lowest BCUT2D eigenvalue weighted by molar-refractivity contribution is 0.390. The Bertz CT molecular complexity index is 526. The first-order valence-corrected chi connectivity index (χ1v) is 9.26. The second kappa shape index (κ2) is 14.4. The molecule has 25 heavy (non-hydrogen) atoms. The van der Waals surface area contributed by atoms with Gasteiger partial charge < -0.3 is 4.74 Å². The van der Waals surface area contributed by atoms with Crippen molar-refractivity contribution in [3.63, 3.8) is 0 Å². The molecule has 0 aliphatic carbocycles. The molecule has 1 saturated heterocycles. The van der Waals surface area contributed by atoms with E-state index in [9.17, 15) is 4.91 Å². The largest absolute Gasteiger partial charge is 0.365 e. The highest BCUT2D eigenvalue weighted by Gasteiger charge is 2.34. The normalized spacial score (nSPS) is 22.5. The maximum Gasteiger partial charge on any atom is 0.103 e. The Balaban J connectivity index is 2.15. The predicted octanol–water partition coefficient (Wildman–Crippen LogP) is 6.22. The first-order chi connectivity index (χ1) is 12.3. The fraction of sp³-hybridized carbons (Fsp3) is 0.455. The summed E-state index contributed by atoms with van der Waals surface area (Å²) in [6.07, 6.45) is 29.5. The summed E-state index contributed by atoms with van der Waals surface area (Å²) in [6.45, 7) is 4.21. The van der Waals surface area contributed by atoms with E-state index in [4.69, 9.17) is 4.74 Å². The van der Waals surface area contributed by atoms with E-state index >= 15 is 0 Å². The molecule has 0 bridgehead atoms. The maximum absolute atomic E-state index is 10.7. The molecule has 0 N–H and O–H groups in total. The standard InChI is InChI=1S/C22H31NO2/c1-3-5-12-16-20(23-24)17-14-10-8-7-9-11-15-19-22-21(25-22)18-13-6-4-2/h5-15,19-22H,3-4,16-18H2,1-2H3/b8-7-,11-9-,12-5-,13-6-,14-10+,19-15+/t20-,21+,22+/m1/s1. The van der Waals surface area contributed by atoms with E-state index in [1.165, 1.54) is 0 Å². The van der Waals surface area contributed by atoms with Crippen molar-refractivity contribution in [2.45, 2.75) is 64.2 Å². The third kappa shape index (κ3) is 11.2. The van der Waals surface area contributed by atoms with Gasteiger partial charge in [0.15, 0.2) is 0 Å². The molecule has 1 aliphatic heterocycles. The summed E-state index contributed by atoms with van der Waals surface area (Å²) in [5.74, 6) is 0. The molecule has 0 saturated carbocycles. The number of epoxide rings is 1. The molecular weight excluding hydrogens is 310 g/mol. The van der Waals surface area contributed by atoms with Crippen LogP contribution in [0.1, 0.15) is 46.0 Å². The quantitative estimate of drug-likeness (QED) is 0.173. The Morgan fingerprint density at radius 2 is 1.48 bits per heavy atom. The molecule has 1 rings (SSSR count). The van der Waals surface area contributed by atoms with Crippen LogP contribution in [0.5, 0.6) is 0 Å². The number of hydrogen-bond donors (Lipinski definition) is 0. The van der Waals surface area contributed by atoms with Crippen LogP contribution < -0.4 is 0 Å². The second-order valence-corrected chi connectivity index (χ2v) is 5.95. The molecule has 3 heteroatoms. The SMILES string of the molecule is CC/C=C\C[C@H](C/C=C/C=C\C=C/C=C/[C@@H]1O[C@H]1C/C=C\CC)N=O. The van der Waals surface area contributed by atoms with Crippen LogP contribution in [-0.2, 0) is 4.74 Å². The number of hydrogen-bond acceptors (Lipinski definition) is 3. The Labute approximate surface area is 152 Å².